The van der Waals surface area contributed by atoms with Gasteiger partial charge in [-0.25, -0.2) is 4.39 Å². The molecule has 1 N–H and O–H groups in total. The average Bonchev–Trinajstić information content (AvgIpc) is 2.37. The minimum absolute atomic E-state index is 0.159. The smallest absolute Gasteiger partial charge is 0.146 e. The highest BCUT2D eigenvalue weighted by atomic mass is 35.5. The molecule has 0 saturated heterocycles. The maximum Gasteiger partial charge on any atom is 0.146 e. The molecule has 0 aliphatic carbocycles. The van der Waals surface area contributed by atoms with Crippen molar-refractivity contribution < 1.29 is 4.39 Å². The zero-order chi connectivity index (χ0) is 13.0. The molecule has 0 atom stereocenters. The maximum absolute atomic E-state index is 13.6. The Morgan fingerprint density at radius 2 is 2.06 bits per heavy atom. The second-order valence-electron chi connectivity index (χ2n) is 4.12. The quantitative estimate of drug-likeness (QED) is 0.915. The minimum atomic E-state index is -0.353. The number of pyridine rings is 1. The molecule has 94 valence electrons. The number of hydrogen-bond acceptors (Lipinski definition) is 2. The molecule has 0 fully saturated rings. The first-order valence-corrected chi connectivity index (χ1v) is 6.10. The van der Waals surface area contributed by atoms with E-state index in [1.807, 2.05) is 25.3 Å². The van der Waals surface area contributed by atoms with Gasteiger partial charge in [-0.05, 0) is 24.6 Å². The van der Waals surface area contributed by atoms with E-state index in [4.69, 9.17) is 11.6 Å². The van der Waals surface area contributed by atoms with E-state index in [0.29, 0.717) is 18.7 Å². The van der Waals surface area contributed by atoms with E-state index in [1.165, 1.54) is 0 Å². The molecular weight excluding hydrogens is 251 g/mol. The van der Waals surface area contributed by atoms with Crippen LogP contribution in [0.4, 0.5) is 4.39 Å². The molecule has 1 aromatic carbocycles. The number of aryl methyl sites for hydroxylation is 1. The molecule has 2 aromatic rings. The third-order valence-electron chi connectivity index (χ3n) is 2.65. The summed E-state index contributed by atoms with van der Waals surface area (Å²) < 4.78 is 13.6. The first-order valence-electron chi connectivity index (χ1n) is 5.72. The molecule has 0 aliphatic heterocycles. The van der Waals surface area contributed by atoms with Crippen LogP contribution in [0.25, 0.3) is 0 Å². The number of hydrogen-bond donors (Lipinski definition) is 1. The Morgan fingerprint density at radius 3 is 2.78 bits per heavy atom. The molecule has 0 spiro atoms. The van der Waals surface area contributed by atoms with Gasteiger partial charge in [0.1, 0.15) is 5.82 Å². The standard InChI is InChI=1S/C14H14ClFN2/c1-10-5-6-11(8-18-10)7-17-9-12-3-2-4-13(15)14(12)16/h2-6,8,17H,7,9H2,1H3. The summed E-state index contributed by atoms with van der Waals surface area (Å²) in [6, 6.07) is 8.97. The molecule has 1 aromatic heterocycles. The number of nitrogens with one attached hydrogen (secondary N) is 1. The molecule has 18 heavy (non-hydrogen) atoms. The lowest BCUT2D eigenvalue weighted by Gasteiger charge is -2.07. The molecule has 0 amide bonds. The molecule has 2 rings (SSSR count). The summed E-state index contributed by atoms with van der Waals surface area (Å²) in [4.78, 5) is 4.20. The lowest BCUT2D eigenvalue weighted by atomic mass is 10.2. The Labute approximate surface area is 111 Å². The third-order valence-corrected chi connectivity index (χ3v) is 2.94. The summed E-state index contributed by atoms with van der Waals surface area (Å²) in [6.45, 7) is 3.04. The molecule has 1 heterocycles. The minimum Gasteiger partial charge on any atom is -0.308 e. The van der Waals surface area contributed by atoms with Crippen LogP contribution in [0.15, 0.2) is 36.5 Å². The van der Waals surface area contributed by atoms with Gasteiger partial charge in [0.25, 0.3) is 0 Å². The Hall–Kier alpha value is -1.45. The van der Waals surface area contributed by atoms with Gasteiger partial charge in [0.05, 0.1) is 5.02 Å². The highest BCUT2D eigenvalue weighted by molar-refractivity contribution is 6.30. The topological polar surface area (TPSA) is 24.9 Å². The summed E-state index contributed by atoms with van der Waals surface area (Å²) in [6.07, 6.45) is 1.82. The zero-order valence-corrected chi connectivity index (χ0v) is 10.8. The summed E-state index contributed by atoms with van der Waals surface area (Å²) in [5, 5.41) is 3.33. The Morgan fingerprint density at radius 1 is 1.22 bits per heavy atom. The summed E-state index contributed by atoms with van der Waals surface area (Å²) in [5.74, 6) is -0.353. The number of nitrogens with zero attached hydrogens (tertiary/aromatic N) is 1. The normalized spacial score (nSPS) is 10.6. The highest BCUT2D eigenvalue weighted by Gasteiger charge is 2.05. The van der Waals surface area contributed by atoms with Crippen LogP contribution in [0.2, 0.25) is 5.02 Å². The zero-order valence-electron chi connectivity index (χ0n) is 10.1. The lowest BCUT2D eigenvalue weighted by molar-refractivity contribution is 0.588. The van der Waals surface area contributed by atoms with E-state index in [0.717, 1.165) is 11.3 Å². The SMILES string of the molecule is Cc1ccc(CNCc2cccc(Cl)c2F)cn1. The maximum atomic E-state index is 13.6. The van der Waals surface area contributed by atoms with Gasteiger partial charge < -0.3 is 5.32 Å². The molecule has 0 saturated carbocycles. The lowest BCUT2D eigenvalue weighted by Crippen LogP contribution is -2.14. The van der Waals surface area contributed by atoms with Gasteiger partial charge in [0.15, 0.2) is 0 Å². The summed E-state index contributed by atoms with van der Waals surface area (Å²) in [5.41, 5.74) is 2.63. The van der Waals surface area contributed by atoms with Crippen molar-refractivity contribution in [3.05, 3.63) is 64.2 Å². The predicted molar refractivity (Wildman–Crippen MR) is 70.9 cm³/mol. The number of benzene rings is 1. The van der Waals surface area contributed by atoms with Crippen molar-refractivity contribution in [2.45, 2.75) is 20.0 Å². The van der Waals surface area contributed by atoms with Crippen LogP contribution in [0.5, 0.6) is 0 Å². The van der Waals surface area contributed by atoms with Crippen molar-refractivity contribution in [2.24, 2.45) is 0 Å². The Balaban J connectivity index is 1.92. The van der Waals surface area contributed by atoms with Crippen LogP contribution in [0, 0.1) is 12.7 Å². The largest absolute Gasteiger partial charge is 0.308 e. The Kier molecular flexibility index (Phi) is 4.28. The average molecular weight is 265 g/mol. The van der Waals surface area contributed by atoms with Gasteiger partial charge in [-0.2, -0.15) is 0 Å². The molecule has 4 heteroatoms. The monoisotopic (exact) mass is 264 g/mol. The van der Waals surface area contributed by atoms with Crippen molar-refractivity contribution in [2.75, 3.05) is 0 Å². The van der Waals surface area contributed by atoms with Gasteiger partial charge in [-0.15, -0.1) is 0 Å². The summed E-state index contributed by atoms with van der Waals surface area (Å²) >= 11 is 5.71. The fraction of sp³-hybridized carbons (Fsp3) is 0.214. The van der Waals surface area contributed by atoms with Crippen molar-refractivity contribution in [3.8, 4) is 0 Å². The van der Waals surface area contributed by atoms with Gasteiger partial charge in [-0.1, -0.05) is 29.8 Å². The van der Waals surface area contributed by atoms with E-state index in [9.17, 15) is 4.39 Å². The van der Waals surface area contributed by atoms with E-state index >= 15 is 0 Å². The first kappa shape index (κ1) is 13.0. The molecule has 0 unspecified atom stereocenters. The number of halogens is 2. The third kappa shape index (κ3) is 3.28. The molecule has 0 radical (unpaired) electrons. The van der Waals surface area contributed by atoms with E-state index < -0.39 is 0 Å². The van der Waals surface area contributed by atoms with Crippen molar-refractivity contribution in [3.63, 3.8) is 0 Å². The summed E-state index contributed by atoms with van der Waals surface area (Å²) in [7, 11) is 0. The second-order valence-corrected chi connectivity index (χ2v) is 4.53. The predicted octanol–water partition coefficient (Wildman–Crippen LogP) is 3.47. The fourth-order valence-electron chi connectivity index (χ4n) is 1.63. The van der Waals surface area contributed by atoms with Gasteiger partial charge in [0.2, 0.25) is 0 Å². The van der Waals surface area contributed by atoms with Gasteiger partial charge >= 0.3 is 0 Å². The molecule has 0 bridgehead atoms. The van der Waals surface area contributed by atoms with Crippen molar-refractivity contribution in [1.29, 1.82) is 0 Å². The fourth-order valence-corrected chi connectivity index (χ4v) is 1.82. The van der Waals surface area contributed by atoms with Crippen LogP contribution < -0.4 is 5.32 Å². The van der Waals surface area contributed by atoms with Crippen LogP contribution in [-0.2, 0) is 13.1 Å². The Bertz CT molecular complexity index is 526. The van der Waals surface area contributed by atoms with E-state index in [2.05, 4.69) is 10.3 Å². The molecular formula is C14H14ClFN2. The molecule has 2 nitrogen and oxygen atoms in total. The highest BCUT2D eigenvalue weighted by Crippen LogP contribution is 2.17. The van der Waals surface area contributed by atoms with Crippen LogP contribution >= 0.6 is 11.6 Å². The van der Waals surface area contributed by atoms with Crippen LogP contribution in [0.3, 0.4) is 0 Å². The number of aromatic nitrogens is 1. The van der Waals surface area contributed by atoms with Crippen LogP contribution in [0.1, 0.15) is 16.8 Å². The van der Waals surface area contributed by atoms with Crippen molar-refractivity contribution >= 4 is 11.6 Å². The van der Waals surface area contributed by atoms with Crippen LogP contribution in [-0.4, -0.2) is 4.98 Å². The van der Waals surface area contributed by atoms with E-state index in [-0.39, 0.29) is 10.8 Å². The second kappa shape index (κ2) is 5.94. The van der Waals surface area contributed by atoms with Gasteiger partial charge in [-0.3, -0.25) is 4.98 Å². The van der Waals surface area contributed by atoms with Gasteiger partial charge in [0, 0.05) is 30.5 Å². The van der Waals surface area contributed by atoms with Crippen molar-refractivity contribution in [1.82, 2.24) is 10.3 Å². The number of rotatable bonds is 4. The first-order chi connectivity index (χ1) is 8.66. The molecule has 0 aliphatic rings. The van der Waals surface area contributed by atoms with E-state index in [1.54, 1.807) is 18.2 Å².